The molecule has 0 radical (unpaired) electrons. The largest absolute Gasteiger partial charge is 0.481 e. The number of aliphatic hydroxyl groups excluding tert-OH is 1. The molecule has 1 unspecified atom stereocenters. The molecule has 0 rings (SSSR count). The third-order valence-electron chi connectivity index (χ3n) is 3.96. The number of rotatable bonds is 16. The normalized spacial score (nSPS) is 12.8. The standard InChI is InChI=1S/C19H36O3/c1-2-3-4-12-15-18(20)16-13-10-8-6-5-7-9-11-14-17-19(21)22/h4,12,18,20H,2-3,5-11,13-17H2,1H3,(H,21,22). The monoisotopic (exact) mass is 312 g/mol. The van der Waals surface area contributed by atoms with E-state index in [0.29, 0.717) is 6.42 Å². The molecule has 0 aromatic carbocycles. The number of carboxylic acids is 1. The van der Waals surface area contributed by atoms with Gasteiger partial charge in [-0.3, -0.25) is 4.79 Å². The maximum atomic E-state index is 10.3. The molecule has 0 amide bonds. The summed E-state index contributed by atoms with van der Waals surface area (Å²) in [7, 11) is 0. The first-order valence-electron chi connectivity index (χ1n) is 9.21. The van der Waals surface area contributed by atoms with E-state index in [2.05, 4.69) is 19.1 Å². The zero-order valence-electron chi connectivity index (χ0n) is 14.4. The van der Waals surface area contributed by atoms with Gasteiger partial charge in [0.25, 0.3) is 0 Å². The Kier molecular flexibility index (Phi) is 15.9. The van der Waals surface area contributed by atoms with Crippen LogP contribution in [0.1, 0.15) is 96.8 Å². The Labute approximate surface area is 136 Å². The fourth-order valence-corrected chi connectivity index (χ4v) is 2.55. The number of hydrogen-bond donors (Lipinski definition) is 2. The van der Waals surface area contributed by atoms with Gasteiger partial charge in [-0.25, -0.2) is 0 Å². The molecular formula is C19H36O3. The molecule has 0 bridgehead atoms. The quantitative estimate of drug-likeness (QED) is 0.293. The second kappa shape index (κ2) is 16.5. The van der Waals surface area contributed by atoms with E-state index >= 15 is 0 Å². The molecule has 2 N–H and O–H groups in total. The summed E-state index contributed by atoms with van der Waals surface area (Å²) in [6.07, 6.45) is 18.8. The first-order valence-corrected chi connectivity index (χ1v) is 9.21. The van der Waals surface area contributed by atoms with Crippen LogP contribution in [-0.4, -0.2) is 22.3 Å². The Morgan fingerprint density at radius 3 is 2.00 bits per heavy atom. The van der Waals surface area contributed by atoms with E-state index in [1.54, 1.807) is 0 Å². The minimum Gasteiger partial charge on any atom is -0.481 e. The first-order chi connectivity index (χ1) is 10.7. The summed E-state index contributed by atoms with van der Waals surface area (Å²) >= 11 is 0. The topological polar surface area (TPSA) is 57.5 Å². The van der Waals surface area contributed by atoms with E-state index in [0.717, 1.165) is 44.9 Å². The van der Waals surface area contributed by atoms with Crippen LogP contribution in [0.4, 0.5) is 0 Å². The minimum absolute atomic E-state index is 0.164. The number of hydrogen-bond acceptors (Lipinski definition) is 2. The van der Waals surface area contributed by atoms with E-state index in [9.17, 15) is 9.90 Å². The first kappa shape index (κ1) is 21.2. The van der Waals surface area contributed by atoms with Gasteiger partial charge in [0.1, 0.15) is 0 Å². The summed E-state index contributed by atoms with van der Waals surface area (Å²) in [6.45, 7) is 2.16. The van der Waals surface area contributed by atoms with E-state index in [1.165, 1.54) is 38.5 Å². The lowest BCUT2D eigenvalue weighted by atomic mass is 10.0. The fourth-order valence-electron chi connectivity index (χ4n) is 2.55. The number of unbranched alkanes of at least 4 members (excludes halogenated alkanes) is 9. The van der Waals surface area contributed by atoms with Crippen molar-refractivity contribution in [1.29, 1.82) is 0 Å². The van der Waals surface area contributed by atoms with Crippen LogP contribution < -0.4 is 0 Å². The van der Waals surface area contributed by atoms with Gasteiger partial charge in [0.05, 0.1) is 6.10 Å². The van der Waals surface area contributed by atoms with Crippen molar-refractivity contribution < 1.29 is 15.0 Å². The Bertz CT molecular complexity index is 274. The number of aliphatic carboxylic acids is 1. The molecular weight excluding hydrogens is 276 g/mol. The lowest BCUT2D eigenvalue weighted by Gasteiger charge is -2.07. The zero-order valence-corrected chi connectivity index (χ0v) is 14.4. The molecule has 3 heteroatoms. The van der Waals surface area contributed by atoms with E-state index in [4.69, 9.17) is 5.11 Å². The van der Waals surface area contributed by atoms with Gasteiger partial charge in [-0.1, -0.05) is 76.9 Å². The van der Waals surface area contributed by atoms with Crippen LogP contribution in [0.15, 0.2) is 12.2 Å². The minimum atomic E-state index is -0.678. The molecule has 0 aliphatic heterocycles. The van der Waals surface area contributed by atoms with Crippen molar-refractivity contribution >= 4 is 5.97 Å². The van der Waals surface area contributed by atoms with Crippen molar-refractivity contribution in [3.63, 3.8) is 0 Å². The van der Waals surface area contributed by atoms with Crippen molar-refractivity contribution in [3.05, 3.63) is 12.2 Å². The maximum Gasteiger partial charge on any atom is 0.303 e. The van der Waals surface area contributed by atoms with Crippen molar-refractivity contribution in [2.24, 2.45) is 0 Å². The molecule has 130 valence electrons. The summed E-state index contributed by atoms with van der Waals surface area (Å²) in [6, 6.07) is 0. The number of allylic oxidation sites excluding steroid dienone is 1. The highest BCUT2D eigenvalue weighted by Gasteiger charge is 2.01. The Balaban J connectivity index is 3.18. The van der Waals surface area contributed by atoms with Gasteiger partial charge in [-0.2, -0.15) is 0 Å². The van der Waals surface area contributed by atoms with Crippen LogP contribution in [0.2, 0.25) is 0 Å². The van der Waals surface area contributed by atoms with Gasteiger partial charge in [-0.15, -0.1) is 0 Å². The smallest absolute Gasteiger partial charge is 0.303 e. The molecule has 0 fully saturated rings. The molecule has 0 aromatic heterocycles. The van der Waals surface area contributed by atoms with Crippen LogP contribution in [0.25, 0.3) is 0 Å². The lowest BCUT2D eigenvalue weighted by Crippen LogP contribution is -2.04. The summed E-state index contributed by atoms with van der Waals surface area (Å²) in [5, 5.41) is 18.3. The molecule has 0 heterocycles. The molecule has 1 atom stereocenters. The summed E-state index contributed by atoms with van der Waals surface area (Å²) in [5.41, 5.74) is 0. The molecule has 0 aliphatic rings. The molecule has 0 saturated heterocycles. The molecule has 22 heavy (non-hydrogen) atoms. The molecule has 0 aliphatic carbocycles. The maximum absolute atomic E-state index is 10.3. The predicted octanol–water partition coefficient (Wildman–Crippen LogP) is 5.47. The lowest BCUT2D eigenvalue weighted by molar-refractivity contribution is -0.137. The number of carbonyl (C=O) groups is 1. The van der Waals surface area contributed by atoms with Gasteiger partial charge in [-0.05, 0) is 25.7 Å². The summed E-state index contributed by atoms with van der Waals surface area (Å²) in [5.74, 6) is -0.678. The van der Waals surface area contributed by atoms with Crippen molar-refractivity contribution in [2.75, 3.05) is 0 Å². The van der Waals surface area contributed by atoms with E-state index < -0.39 is 5.97 Å². The van der Waals surface area contributed by atoms with Gasteiger partial charge in [0.15, 0.2) is 0 Å². The summed E-state index contributed by atoms with van der Waals surface area (Å²) in [4.78, 5) is 10.3. The molecule has 0 saturated carbocycles. The summed E-state index contributed by atoms with van der Waals surface area (Å²) < 4.78 is 0. The highest BCUT2D eigenvalue weighted by molar-refractivity contribution is 5.66. The van der Waals surface area contributed by atoms with E-state index in [-0.39, 0.29) is 6.10 Å². The molecule has 3 nitrogen and oxygen atoms in total. The van der Waals surface area contributed by atoms with Crippen LogP contribution in [0.5, 0.6) is 0 Å². The van der Waals surface area contributed by atoms with Crippen LogP contribution in [0, 0.1) is 0 Å². The molecule has 0 aromatic rings. The Morgan fingerprint density at radius 1 is 0.909 bits per heavy atom. The number of carboxylic acid groups (broad SMARTS) is 1. The second-order valence-corrected chi connectivity index (χ2v) is 6.26. The van der Waals surface area contributed by atoms with Crippen molar-refractivity contribution in [2.45, 2.75) is 103 Å². The Hall–Kier alpha value is -0.830. The fraction of sp³-hybridized carbons (Fsp3) is 0.842. The molecule has 0 spiro atoms. The van der Waals surface area contributed by atoms with E-state index in [1.807, 2.05) is 0 Å². The van der Waals surface area contributed by atoms with Crippen LogP contribution >= 0.6 is 0 Å². The zero-order chi connectivity index (χ0) is 16.5. The number of aliphatic hydroxyl groups is 1. The van der Waals surface area contributed by atoms with Gasteiger partial charge in [0, 0.05) is 6.42 Å². The highest BCUT2D eigenvalue weighted by Crippen LogP contribution is 2.13. The van der Waals surface area contributed by atoms with Gasteiger partial charge >= 0.3 is 5.97 Å². The SMILES string of the molecule is CCCC=CCC(O)CCCCCCCCCCCC(=O)O. The average Bonchev–Trinajstić information content (AvgIpc) is 2.49. The van der Waals surface area contributed by atoms with Crippen molar-refractivity contribution in [1.82, 2.24) is 0 Å². The predicted molar refractivity (Wildman–Crippen MR) is 93.1 cm³/mol. The second-order valence-electron chi connectivity index (χ2n) is 6.26. The third-order valence-corrected chi connectivity index (χ3v) is 3.96. The van der Waals surface area contributed by atoms with Crippen molar-refractivity contribution in [3.8, 4) is 0 Å². The van der Waals surface area contributed by atoms with Gasteiger partial charge < -0.3 is 10.2 Å². The Morgan fingerprint density at radius 2 is 1.45 bits per heavy atom. The third kappa shape index (κ3) is 17.2. The van der Waals surface area contributed by atoms with Crippen LogP contribution in [0.3, 0.4) is 0 Å². The highest BCUT2D eigenvalue weighted by atomic mass is 16.4. The van der Waals surface area contributed by atoms with Gasteiger partial charge in [0.2, 0.25) is 0 Å². The average molecular weight is 312 g/mol. The van der Waals surface area contributed by atoms with Crippen LogP contribution in [-0.2, 0) is 4.79 Å².